The first-order valence-corrected chi connectivity index (χ1v) is 5.62. The van der Waals surface area contributed by atoms with Crippen molar-refractivity contribution in [1.82, 2.24) is 0 Å². The maximum absolute atomic E-state index is 11.7. The van der Waals surface area contributed by atoms with Crippen molar-refractivity contribution in [3.63, 3.8) is 0 Å². The summed E-state index contributed by atoms with van der Waals surface area (Å²) in [5, 5.41) is 11.5. The number of nitrogens with one attached hydrogen (secondary N) is 1. The van der Waals surface area contributed by atoms with Gasteiger partial charge in [-0.3, -0.25) is 4.79 Å². The molecule has 18 heavy (non-hydrogen) atoms. The van der Waals surface area contributed by atoms with Crippen LogP contribution in [0.5, 0.6) is 0 Å². The predicted octanol–water partition coefficient (Wildman–Crippen LogP) is 1.31. The Morgan fingerprint density at radius 2 is 2.28 bits per heavy atom. The number of carbonyl (C=O) groups is 1. The molecule has 0 bridgehead atoms. The van der Waals surface area contributed by atoms with Crippen molar-refractivity contribution in [2.75, 3.05) is 19.0 Å². The van der Waals surface area contributed by atoms with Gasteiger partial charge >= 0.3 is 0 Å². The molecule has 1 aromatic rings. The molecule has 4 nitrogen and oxygen atoms in total. The summed E-state index contributed by atoms with van der Waals surface area (Å²) in [5.41, 5.74) is 2.34. The van der Waals surface area contributed by atoms with Crippen LogP contribution in [0, 0.1) is 18.8 Å². The number of aliphatic hydroxyl groups is 1. The van der Waals surface area contributed by atoms with Gasteiger partial charge in [0.1, 0.15) is 12.7 Å². The van der Waals surface area contributed by atoms with E-state index in [0.29, 0.717) is 11.3 Å². The van der Waals surface area contributed by atoms with Gasteiger partial charge in [0.25, 0.3) is 5.91 Å². The Hall–Kier alpha value is -1.83. The predicted molar refractivity (Wildman–Crippen MR) is 70.2 cm³/mol. The average Bonchev–Trinajstić information content (AvgIpc) is 2.37. The second kappa shape index (κ2) is 6.80. The number of aryl methyl sites for hydroxylation is 1. The van der Waals surface area contributed by atoms with Crippen LogP contribution in [-0.4, -0.2) is 30.8 Å². The summed E-state index contributed by atoms with van der Waals surface area (Å²) in [5.74, 6) is 5.15. The maximum atomic E-state index is 11.7. The van der Waals surface area contributed by atoms with E-state index in [1.54, 1.807) is 13.0 Å². The summed E-state index contributed by atoms with van der Waals surface area (Å²) < 4.78 is 4.94. The highest BCUT2D eigenvalue weighted by Gasteiger charge is 2.13. The summed E-state index contributed by atoms with van der Waals surface area (Å²) in [4.78, 5) is 11.7. The minimum atomic E-state index is -0.523. The van der Waals surface area contributed by atoms with E-state index in [-0.39, 0.29) is 12.5 Å². The summed E-state index contributed by atoms with van der Waals surface area (Å²) in [6.45, 7) is 3.39. The largest absolute Gasteiger partial charge is 0.384 e. The Morgan fingerprint density at radius 1 is 1.56 bits per heavy atom. The van der Waals surface area contributed by atoms with Gasteiger partial charge in [0.2, 0.25) is 0 Å². The second-order valence-corrected chi connectivity index (χ2v) is 3.88. The molecule has 1 rings (SSSR count). The van der Waals surface area contributed by atoms with Crippen molar-refractivity contribution in [2.24, 2.45) is 0 Å². The highest BCUT2D eigenvalue weighted by atomic mass is 16.5. The van der Waals surface area contributed by atoms with Gasteiger partial charge in [0.15, 0.2) is 0 Å². The van der Waals surface area contributed by atoms with E-state index in [0.717, 1.165) is 5.56 Å². The van der Waals surface area contributed by atoms with Crippen molar-refractivity contribution in [3.8, 4) is 11.8 Å². The summed E-state index contributed by atoms with van der Waals surface area (Å²) in [6, 6.07) is 5.53. The number of rotatable bonds is 3. The number of hydrogen-bond acceptors (Lipinski definition) is 3. The third kappa shape index (κ3) is 3.88. The number of benzene rings is 1. The van der Waals surface area contributed by atoms with Gasteiger partial charge in [-0.05, 0) is 31.5 Å². The van der Waals surface area contributed by atoms with Crippen molar-refractivity contribution < 1.29 is 14.6 Å². The lowest BCUT2D eigenvalue weighted by molar-refractivity contribution is -0.124. The van der Waals surface area contributed by atoms with Gasteiger partial charge < -0.3 is 15.2 Å². The van der Waals surface area contributed by atoms with Crippen LogP contribution < -0.4 is 5.32 Å². The first kappa shape index (κ1) is 14.2. The van der Waals surface area contributed by atoms with E-state index < -0.39 is 6.10 Å². The van der Waals surface area contributed by atoms with Crippen molar-refractivity contribution in [2.45, 2.75) is 20.0 Å². The van der Waals surface area contributed by atoms with E-state index in [9.17, 15) is 4.79 Å². The molecule has 1 amide bonds. The van der Waals surface area contributed by atoms with Gasteiger partial charge in [-0.2, -0.15) is 0 Å². The molecular formula is C14H17NO3. The standard InChI is InChI=1S/C14H17NO3/c1-10-6-7-13(12(9-10)5-4-8-16)15-14(17)11(2)18-3/h6-7,9,11,16H,8H2,1-3H3,(H,15,17). The Bertz CT molecular complexity index is 486. The molecule has 0 radical (unpaired) electrons. The number of aliphatic hydroxyl groups excluding tert-OH is 1. The fourth-order valence-corrected chi connectivity index (χ4v) is 1.35. The molecule has 0 heterocycles. The molecule has 4 heteroatoms. The van der Waals surface area contributed by atoms with Crippen LogP contribution in [0.4, 0.5) is 5.69 Å². The van der Waals surface area contributed by atoms with Crippen LogP contribution in [-0.2, 0) is 9.53 Å². The molecule has 96 valence electrons. The molecule has 0 saturated carbocycles. The zero-order valence-corrected chi connectivity index (χ0v) is 10.8. The Kier molecular flexibility index (Phi) is 5.37. The van der Waals surface area contributed by atoms with E-state index in [2.05, 4.69) is 17.2 Å². The molecule has 2 N–H and O–H groups in total. The molecule has 0 fully saturated rings. The lowest BCUT2D eigenvalue weighted by atomic mass is 10.1. The topological polar surface area (TPSA) is 58.6 Å². The molecule has 0 aliphatic carbocycles. The van der Waals surface area contributed by atoms with E-state index in [4.69, 9.17) is 9.84 Å². The van der Waals surface area contributed by atoms with Crippen LogP contribution in [0.25, 0.3) is 0 Å². The summed E-state index contributed by atoms with van der Waals surface area (Å²) >= 11 is 0. The number of carbonyl (C=O) groups excluding carboxylic acids is 1. The van der Waals surface area contributed by atoms with E-state index in [1.165, 1.54) is 7.11 Å². The number of methoxy groups -OCH3 is 1. The molecule has 1 aromatic carbocycles. The molecule has 1 unspecified atom stereocenters. The van der Waals surface area contributed by atoms with E-state index >= 15 is 0 Å². The number of anilines is 1. The van der Waals surface area contributed by atoms with Crippen LogP contribution >= 0.6 is 0 Å². The lowest BCUT2D eigenvalue weighted by Gasteiger charge is -2.12. The minimum Gasteiger partial charge on any atom is -0.384 e. The number of amides is 1. The van der Waals surface area contributed by atoms with Crippen LogP contribution in [0.1, 0.15) is 18.1 Å². The Morgan fingerprint density at radius 3 is 2.89 bits per heavy atom. The lowest BCUT2D eigenvalue weighted by Crippen LogP contribution is -2.26. The molecule has 0 saturated heterocycles. The third-order valence-corrected chi connectivity index (χ3v) is 2.46. The SMILES string of the molecule is COC(C)C(=O)Nc1ccc(C)cc1C#CCO. The maximum Gasteiger partial charge on any atom is 0.253 e. The first-order valence-electron chi connectivity index (χ1n) is 5.62. The molecule has 0 aliphatic rings. The minimum absolute atomic E-state index is 0.212. The van der Waals surface area contributed by atoms with Crippen molar-refractivity contribution in [1.29, 1.82) is 0 Å². The normalized spacial score (nSPS) is 11.3. The highest BCUT2D eigenvalue weighted by Crippen LogP contribution is 2.16. The molecule has 0 aliphatic heterocycles. The van der Waals surface area contributed by atoms with Crippen molar-refractivity contribution >= 4 is 11.6 Å². The molecule has 0 spiro atoms. The monoisotopic (exact) mass is 247 g/mol. The first-order chi connectivity index (χ1) is 8.58. The van der Waals surface area contributed by atoms with Gasteiger partial charge in [-0.15, -0.1) is 0 Å². The Balaban J connectivity index is 2.97. The summed E-state index contributed by atoms with van der Waals surface area (Å²) in [7, 11) is 1.48. The number of hydrogen-bond donors (Lipinski definition) is 2. The third-order valence-electron chi connectivity index (χ3n) is 2.46. The van der Waals surface area contributed by atoms with Gasteiger partial charge in [0.05, 0.1) is 5.69 Å². The number of ether oxygens (including phenoxy) is 1. The van der Waals surface area contributed by atoms with Crippen LogP contribution in [0.15, 0.2) is 18.2 Å². The van der Waals surface area contributed by atoms with Crippen LogP contribution in [0.3, 0.4) is 0 Å². The molecule has 1 atom stereocenters. The van der Waals surface area contributed by atoms with E-state index in [1.807, 2.05) is 19.1 Å². The Labute approximate surface area is 107 Å². The zero-order chi connectivity index (χ0) is 13.5. The highest BCUT2D eigenvalue weighted by molar-refractivity contribution is 5.95. The quantitative estimate of drug-likeness (QED) is 0.792. The second-order valence-electron chi connectivity index (χ2n) is 3.88. The zero-order valence-electron chi connectivity index (χ0n) is 10.8. The fourth-order valence-electron chi connectivity index (χ4n) is 1.35. The molecular weight excluding hydrogens is 230 g/mol. The van der Waals surface area contributed by atoms with Gasteiger partial charge in [-0.25, -0.2) is 0 Å². The average molecular weight is 247 g/mol. The smallest absolute Gasteiger partial charge is 0.253 e. The van der Waals surface area contributed by atoms with Crippen molar-refractivity contribution in [3.05, 3.63) is 29.3 Å². The van der Waals surface area contributed by atoms with Gasteiger partial charge in [-0.1, -0.05) is 17.9 Å². The van der Waals surface area contributed by atoms with Crippen LogP contribution in [0.2, 0.25) is 0 Å². The fraction of sp³-hybridized carbons (Fsp3) is 0.357. The summed E-state index contributed by atoms with van der Waals surface area (Å²) in [6.07, 6.45) is -0.523. The van der Waals surface area contributed by atoms with Gasteiger partial charge in [0, 0.05) is 12.7 Å². The molecule has 0 aromatic heterocycles.